The number of aryl methyl sites for hydroxylation is 2. The van der Waals surface area contributed by atoms with Gasteiger partial charge in [-0.05, 0) is 30.4 Å². The normalized spacial score (nSPS) is 13.6. The van der Waals surface area contributed by atoms with E-state index in [1.807, 2.05) is 4.90 Å². The summed E-state index contributed by atoms with van der Waals surface area (Å²) < 4.78 is 0. The summed E-state index contributed by atoms with van der Waals surface area (Å²) in [6.07, 6.45) is 3.07. The summed E-state index contributed by atoms with van der Waals surface area (Å²) in [5, 5.41) is 2.07. The lowest BCUT2D eigenvalue weighted by molar-refractivity contribution is -0.131. The van der Waals surface area contributed by atoms with Gasteiger partial charge in [0.2, 0.25) is 11.9 Å². The lowest BCUT2D eigenvalue weighted by atomic mass is 10.2. The number of rotatable bonds is 3. The molecule has 0 unspecified atom stereocenters. The second kappa shape index (κ2) is 5.20. The van der Waals surface area contributed by atoms with Crippen molar-refractivity contribution in [2.24, 2.45) is 0 Å². The van der Waals surface area contributed by atoms with Crippen LogP contribution in [0.25, 0.3) is 0 Å². The van der Waals surface area contributed by atoms with Crippen molar-refractivity contribution in [3.8, 4) is 0 Å². The molecule has 3 rings (SSSR count). The molecule has 0 bridgehead atoms. The van der Waals surface area contributed by atoms with Crippen LogP contribution < -0.4 is 5.73 Å². The van der Waals surface area contributed by atoms with Crippen LogP contribution in [0.3, 0.4) is 0 Å². The molecule has 1 aliphatic heterocycles. The smallest absolute Gasteiger partial charge is 0.223 e. The van der Waals surface area contributed by atoms with Crippen LogP contribution >= 0.6 is 11.3 Å². The van der Waals surface area contributed by atoms with E-state index in [0.717, 1.165) is 17.7 Å². The topological polar surface area (TPSA) is 72.1 Å². The van der Waals surface area contributed by atoms with Crippen molar-refractivity contribution in [2.45, 2.75) is 32.9 Å². The average molecular weight is 288 g/mol. The van der Waals surface area contributed by atoms with Crippen molar-refractivity contribution in [1.29, 1.82) is 0 Å². The van der Waals surface area contributed by atoms with Crippen LogP contribution in [0.15, 0.2) is 17.6 Å². The maximum Gasteiger partial charge on any atom is 0.223 e. The standard InChI is InChI=1S/C14H16N4OS/c1-9-4-5-20-12(9)2-3-13(19)18-7-10-6-16-14(15)17-11(10)8-18/h4-6H,2-3,7-8H2,1H3,(H2,15,16,17). The van der Waals surface area contributed by atoms with Gasteiger partial charge < -0.3 is 10.6 Å². The summed E-state index contributed by atoms with van der Waals surface area (Å²) in [5.74, 6) is 0.432. The lowest BCUT2D eigenvalue weighted by Crippen LogP contribution is -2.25. The number of carbonyl (C=O) groups excluding carboxylic acids is 1. The van der Waals surface area contributed by atoms with E-state index >= 15 is 0 Å². The van der Waals surface area contributed by atoms with Gasteiger partial charge in [0.1, 0.15) is 0 Å². The summed E-state index contributed by atoms with van der Waals surface area (Å²) in [4.78, 5) is 23.5. The van der Waals surface area contributed by atoms with Crippen LogP contribution in [0, 0.1) is 6.92 Å². The molecule has 5 nitrogen and oxygen atoms in total. The number of amides is 1. The van der Waals surface area contributed by atoms with E-state index in [0.29, 0.717) is 19.5 Å². The molecule has 6 heteroatoms. The van der Waals surface area contributed by atoms with E-state index in [1.54, 1.807) is 17.5 Å². The Morgan fingerprint density at radius 1 is 1.50 bits per heavy atom. The number of fused-ring (bicyclic) bond motifs is 1. The lowest BCUT2D eigenvalue weighted by Gasteiger charge is -2.14. The molecule has 0 spiro atoms. The van der Waals surface area contributed by atoms with E-state index in [-0.39, 0.29) is 11.9 Å². The predicted octanol–water partition coefficient (Wildman–Crippen LogP) is 1.90. The molecule has 0 saturated heterocycles. The summed E-state index contributed by atoms with van der Waals surface area (Å²) >= 11 is 1.71. The highest BCUT2D eigenvalue weighted by atomic mass is 32.1. The van der Waals surface area contributed by atoms with E-state index in [2.05, 4.69) is 28.3 Å². The maximum atomic E-state index is 12.3. The van der Waals surface area contributed by atoms with Crippen molar-refractivity contribution in [1.82, 2.24) is 14.9 Å². The zero-order valence-electron chi connectivity index (χ0n) is 11.3. The molecule has 2 aromatic rings. The Hall–Kier alpha value is -1.95. The second-order valence-corrected chi connectivity index (χ2v) is 5.98. The van der Waals surface area contributed by atoms with Crippen molar-refractivity contribution in [3.63, 3.8) is 0 Å². The molecule has 0 saturated carbocycles. The molecule has 2 aromatic heterocycles. The predicted molar refractivity (Wildman–Crippen MR) is 78.1 cm³/mol. The van der Waals surface area contributed by atoms with E-state index in [9.17, 15) is 4.79 Å². The van der Waals surface area contributed by atoms with Crippen LogP contribution in [0.4, 0.5) is 5.95 Å². The monoisotopic (exact) mass is 288 g/mol. The number of nitrogens with two attached hydrogens (primary N) is 1. The first-order chi connectivity index (χ1) is 9.63. The minimum absolute atomic E-state index is 0.161. The zero-order chi connectivity index (χ0) is 14.1. The van der Waals surface area contributed by atoms with Crippen LogP contribution in [0.1, 0.15) is 28.1 Å². The highest BCUT2D eigenvalue weighted by Crippen LogP contribution is 2.23. The van der Waals surface area contributed by atoms with Gasteiger partial charge in [-0.1, -0.05) is 0 Å². The molecular weight excluding hydrogens is 272 g/mol. The molecule has 0 atom stereocenters. The van der Waals surface area contributed by atoms with Crippen LogP contribution in [-0.2, 0) is 24.3 Å². The first kappa shape index (κ1) is 13.1. The molecular formula is C14H16N4OS. The number of anilines is 1. The second-order valence-electron chi connectivity index (χ2n) is 4.98. The third-order valence-corrected chi connectivity index (χ3v) is 4.64. The summed E-state index contributed by atoms with van der Waals surface area (Å²) in [6.45, 7) is 3.22. The van der Waals surface area contributed by atoms with Crippen molar-refractivity contribution < 1.29 is 4.79 Å². The molecule has 0 radical (unpaired) electrons. The SMILES string of the molecule is Cc1ccsc1CCC(=O)N1Cc2cnc(N)nc2C1. The van der Waals surface area contributed by atoms with E-state index in [1.165, 1.54) is 10.4 Å². The van der Waals surface area contributed by atoms with Gasteiger partial charge in [-0.2, -0.15) is 0 Å². The fourth-order valence-corrected chi connectivity index (χ4v) is 3.29. The van der Waals surface area contributed by atoms with Gasteiger partial charge in [0.05, 0.1) is 12.2 Å². The highest BCUT2D eigenvalue weighted by Gasteiger charge is 2.24. The molecule has 0 aromatic carbocycles. The van der Waals surface area contributed by atoms with E-state index < -0.39 is 0 Å². The van der Waals surface area contributed by atoms with Gasteiger partial charge in [0, 0.05) is 29.6 Å². The minimum atomic E-state index is 0.161. The molecule has 2 N–H and O–H groups in total. The van der Waals surface area contributed by atoms with Gasteiger partial charge >= 0.3 is 0 Å². The Balaban J connectivity index is 1.61. The van der Waals surface area contributed by atoms with Gasteiger partial charge in [-0.25, -0.2) is 9.97 Å². The number of nitrogen functional groups attached to an aromatic ring is 1. The fourth-order valence-electron chi connectivity index (χ4n) is 2.38. The van der Waals surface area contributed by atoms with Crippen molar-refractivity contribution in [3.05, 3.63) is 39.3 Å². The number of nitrogens with zero attached hydrogens (tertiary/aromatic N) is 3. The summed E-state index contributed by atoms with van der Waals surface area (Å²) in [5.41, 5.74) is 8.71. The average Bonchev–Trinajstić information content (AvgIpc) is 3.01. The van der Waals surface area contributed by atoms with E-state index in [4.69, 9.17) is 5.73 Å². The molecule has 104 valence electrons. The molecule has 1 aliphatic rings. The quantitative estimate of drug-likeness (QED) is 0.936. The largest absolute Gasteiger partial charge is 0.368 e. The zero-order valence-corrected chi connectivity index (χ0v) is 12.1. The summed E-state index contributed by atoms with van der Waals surface area (Å²) in [6, 6.07) is 2.09. The number of carbonyl (C=O) groups is 1. The molecule has 20 heavy (non-hydrogen) atoms. The Morgan fingerprint density at radius 2 is 2.35 bits per heavy atom. The Bertz CT molecular complexity index is 652. The summed E-state index contributed by atoms with van der Waals surface area (Å²) in [7, 11) is 0. The van der Waals surface area contributed by atoms with Crippen molar-refractivity contribution >= 4 is 23.2 Å². The van der Waals surface area contributed by atoms with Crippen LogP contribution in [-0.4, -0.2) is 20.8 Å². The number of hydrogen-bond acceptors (Lipinski definition) is 5. The Kier molecular flexibility index (Phi) is 3.40. The third-order valence-electron chi connectivity index (χ3n) is 3.56. The molecule has 1 amide bonds. The molecule has 0 aliphatic carbocycles. The third kappa shape index (κ3) is 2.51. The first-order valence-electron chi connectivity index (χ1n) is 6.54. The first-order valence-corrected chi connectivity index (χ1v) is 7.42. The molecule has 3 heterocycles. The number of hydrogen-bond donors (Lipinski definition) is 1. The van der Waals surface area contributed by atoms with Crippen molar-refractivity contribution in [2.75, 3.05) is 5.73 Å². The Labute approximate surface area is 121 Å². The van der Waals surface area contributed by atoms with Crippen LogP contribution in [0.5, 0.6) is 0 Å². The van der Waals surface area contributed by atoms with Gasteiger partial charge in [0.25, 0.3) is 0 Å². The minimum Gasteiger partial charge on any atom is -0.368 e. The molecule has 0 fully saturated rings. The number of thiophene rings is 1. The highest BCUT2D eigenvalue weighted by molar-refractivity contribution is 7.10. The van der Waals surface area contributed by atoms with Gasteiger partial charge in [-0.3, -0.25) is 4.79 Å². The number of aromatic nitrogens is 2. The Morgan fingerprint density at radius 3 is 3.10 bits per heavy atom. The maximum absolute atomic E-state index is 12.3. The van der Waals surface area contributed by atoms with Gasteiger partial charge in [-0.15, -0.1) is 11.3 Å². The van der Waals surface area contributed by atoms with Crippen LogP contribution in [0.2, 0.25) is 0 Å². The van der Waals surface area contributed by atoms with Gasteiger partial charge in [0.15, 0.2) is 0 Å². The fraction of sp³-hybridized carbons (Fsp3) is 0.357.